The van der Waals surface area contributed by atoms with Gasteiger partial charge < -0.3 is 26.0 Å². The molecule has 25 heavy (non-hydrogen) atoms. The Morgan fingerprint density at radius 2 is 2.20 bits per heavy atom. The lowest BCUT2D eigenvalue weighted by atomic mass is 10.1. The molecule has 0 amide bonds. The number of rotatable bonds is 4. The van der Waals surface area contributed by atoms with E-state index in [1.165, 1.54) is 19.1 Å². The van der Waals surface area contributed by atoms with Crippen LogP contribution in [-0.2, 0) is 4.74 Å². The second kappa shape index (κ2) is 7.04. The lowest BCUT2D eigenvalue weighted by molar-refractivity contribution is -0.0289. The van der Waals surface area contributed by atoms with Crippen molar-refractivity contribution in [3.05, 3.63) is 12.7 Å². The maximum absolute atomic E-state index is 10.4. The van der Waals surface area contributed by atoms with Crippen LogP contribution in [0.15, 0.2) is 12.7 Å². The molecule has 0 radical (unpaired) electrons. The molecule has 0 unspecified atom stereocenters. The molecule has 0 spiro atoms. The van der Waals surface area contributed by atoms with Gasteiger partial charge in [0.25, 0.3) is 0 Å². The molecule has 2 aromatic rings. The summed E-state index contributed by atoms with van der Waals surface area (Å²) >= 11 is 1.78. The maximum atomic E-state index is 10.4. The van der Waals surface area contributed by atoms with Gasteiger partial charge in [-0.2, -0.15) is 11.8 Å². The molecular weight excluding hydrogens is 344 g/mol. The van der Waals surface area contributed by atoms with E-state index in [0.717, 1.165) is 19.5 Å². The standard InChI is InChI=1S/C15H22N6O3S/c16-13-10-14(19-6-18-13)21(7-20-10)15-12(23)11(22)9(24-15)5-25-8-2-1-3-17-4-8/h6-9,11-12,15,17,22-23H,1-5H2,(H2,16,18,19)/t8-,9+,11+,12+,15+/m0/s1. The minimum absolute atomic E-state index is 0.272. The molecule has 136 valence electrons. The van der Waals surface area contributed by atoms with Gasteiger partial charge in [0.05, 0.1) is 12.4 Å². The van der Waals surface area contributed by atoms with Gasteiger partial charge in [-0.25, -0.2) is 15.0 Å². The lowest BCUT2D eigenvalue weighted by Gasteiger charge is -2.24. The van der Waals surface area contributed by atoms with E-state index in [-0.39, 0.29) is 5.82 Å². The third-order valence-corrected chi connectivity index (χ3v) is 6.14. The minimum atomic E-state index is -1.05. The molecule has 5 N–H and O–H groups in total. The fourth-order valence-corrected chi connectivity index (χ4v) is 4.65. The zero-order chi connectivity index (χ0) is 17.4. The van der Waals surface area contributed by atoms with Crippen molar-refractivity contribution in [1.29, 1.82) is 0 Å². The second-order valence-corrected chi connectivity index (χ2v) is 7.76. The lowest BCUT2D eigenvalue weighted by Crippen LogP contribution is -2.35. The number of hydrogen-bond donors (Lipinski definition) is 4. The first kappa shape index (κ1) is 17.0. The topological polar surface area (TPSA) is 131 Å². The second-order valence-electron chi connectivity index (χ2n) is 6.43. The molecule has 0 aromatic carbocycles. The Morgan fingerprint density at radius 3 is 3.00 bits per heavy atom. The molecule has 2 saturated heterocycles. The van der Waals surface area contributed by atoms with Gasteiger partial charge in [0, 0.05) is 17.5 Å². The fraction of sp³-hybridized carbons (Fsp3) is 0.667. The first-order chi connectivity index (χ1) is 12.1. The van der Waals surface area contributed by atoms with Crippen molar-refractivity contribution >= 4 is 28.7 Å². The highest BCUT2D eigenvalue weighted by Crippen LogP contribution is 2.34. The molecule has 0 saturated carbocycles. The first-order valence-electron chi connectivity index (χ1n) is 8.42. The van der Waals surface area contributed by atoms with Crippen molar-refractivity contribution in [3.63, 3.8) is 0 Å². The quantitative estimate of drug-likeness (QED) is 0.566. The van der Waals surface area contributed by atoms with Gasteiger partial charge in [-0.1, -0.05) is 0 Å². The molecule has 2 aromatic heterocycles. The summed E-state index contributed by atoms with van der Waals surface area (Å²) in [6, 6.07) is 0. The summed E-state index contributed by atoms with van der Waals surface area (Å²) in [6.07, 6.45) is 1.99. The van der Waals surface area contributed by atoms with Gasteiger partial charge in [-0.05, 0) is 19.4 Å². The molecule has 0 bridgehead atoms. The number of thioether (sulfide) groups is 1. The fourth-order valence-electron chi connectivity index (χ4n) is 3.35. The highest BCUT2D eigenvalue weighted by atomic mass is 32.2. The number of anilines is 1. The molecule has 2 aliphatic heterocycles. The Kier molecular flexibility index (Phi) is 4.78. The predicted octanol–water partition coefficient (Wildman–Crippen LogP) is -0.487. The van der Waals surface area contributed by atoms with Crippen molar-refractivity contribution < 1.29 is 14.9 Å². The van der Waals surface area contributed by atoms with Crippen LogP contribution in [0, 0.1) is 0 Å². The summed E-state index contributed by atoms with van der Waals surface area (Å²) in [4.78, 5) is 12.3. The van der Waals surface area contributed by atoms with E-state index < -0.39 is 24.5 Å². The van der Waals surface area contributed by atoms with Crippen molar-refractivity contribution in [1.82, 2.24) is 24.8 Å². The molecule has 2 fully saturated rings. The number of nitrogens with one attached hydrogen (secondary N) is 1. The molecule has 2 aliphatic rings. The number of nitrogen functional groups attached to an aromatic ring is 1. The van der Waals surface area contributed by atoms with Gasteiger partial charge in [0.2, 0.25) is 0 Å². The predicted molar refractivity (Wildman–Crippen MR) is 94.0 cm³/mol. The average molecular weight is 366 g/mol. The number of aliphatic hydroxyl groups is 2. The Bertz CT molecular complexity index is 737. The van der Waals surface area contributed by atoms with Crippen LogP contribution < -0.4 is 11.1 Å². The van der Waals surface area contributed by atoms with Crippen LogP contribution in [0.5, 0.6) is 0 Å². The van der Waals surface area contributed by atoms with E-state index in [1.807, 2.05) is 0 Å². The molecule has 4 heterocycles. The van der Waals surface area contributed by atoms with E-state index >= 15 is 0 Å². The zero-order valence-electron chi connectivity index (χ0n) is 13.7. The Balaban J connectivity index is 1.48. The SMILES string of the molecule is Nc1ncnc2c1ncn2[C@@H]1O[C@H](CS[C@H]2CCCNC2)[C@@H](O)[C@H]1O. The van der Waals surface area contributed by atoms with Crippen molar-refractivity contribution in [2.24, 2.45) is 0 Å². The van der Waals surface area contributed by atoms with Crippen LogP contribution in [0.3, 0.4) is 0 Å². The maximum Gasteiger partial charge on any atom is 0.167 e. The van der Waals surface area contributed by atoms with E-state index in [1.54, 1.807) is 16.3 Å². The summed E-state index contributed by atoms with van der Waals surface area (Å²) in [6.45, 7) is 2.04. The van der Waals surface area contributed by atoms with E-state index in [9.17, 15) is 10.2 Å². The van der Waals surface area contributed by atoms with Gasteiger partial charge in [0.1, 0.15) is 24.1 Å². The summed E-state index contributed by atoms with van der Waals surface area (Å²) in [7, 11) is 0. The number of nitrogens with zero attached hydrogens (tertiary/aromatic N) is 4. The van der Waals surface area contributed by atoms with Gasteiger partial charge >= 0.3 is 0 Å². The summed E-state index contributed by atoms with van der Waals surface area (Å²) in [5.74, 6) is 0.902. The van der Waals surface area contributed by atoms with Crippen LogP contribution in [0.1, 0.15) is 19.1 Å². The van der Waals surface area contributed by atoms with Crippen LogP contribution in [-0.4, -0.2) is 72.1 Å². The zero-order valence-corrected chi connectivity index (χ0v) is 14.5. The Hall–Kier alpha value is -1.46. The number of fused-ring (bicyclic) bond motifs is 1. The van der Waals surface area contributed by atoms with Crippen molar-refractivity contribution in [2.45, 2.75) is 42.6 Å². The number of aliphatic hydroxyl groups excluding tert-OH is 2. The average Bonchev–Trinajstić information content (AvgIpc) is 3.18. The van der Waals surface area contributed by atoms with Crippen LogP contribution in [0.25, 0.3) is 11.2 Å². The van der Waals surface area contributed by atoms with Crippen LogP contribution in [0.2, 0.25) is 0 Å². The Labute approximate surface area is 149 Å². The van der Waals surface area contributed by atoms with Gasteiger partial charge in [-0.15, -0.1) is 0 Å². The third kappa shape index (κ3) is 3.20. The molecule has 0 aliphatic carbocycles. The number of hydrogen-bond acceptors (Lipinski definition) is 9. The van der Waals surface area contributed by atoms with Gasteiger partial charge in [-0.3, -0.25) is 4.57 Å². The van der Waals surface area contributed by atoms with Crippen molar-refractivity contribution in [3.8, 4) is 0 Å². The molecular formula is C15H22N6O3S. The number of nitrogens with two attached hydrogens (primary N) is 1. The Morgan fingerprint density at radius 1 is 1.32 bits per heavy atom. The van der Waals surface area contributed by atoms with Crippen LogP contribution in [0.4, 0.5) is 5.82 Å². The minimum Gasteiger partial charge on any atom is -0.387 e. The molecule has 9 nitrogen and oxygen atoms in total. The number of ether oxygens (including phenoxy) is 1. The monoisotopic (exact) mass is 366 g/mol. The largest absolute Gasteiger partial charge is 0.387 e. The normalized spacial score (nSPS) is 33.1. The summed E-state index contributed by atoms with van der Waals surface area (Å²) < 4.78 is 7.56. The van der Waals surface area contributed by atoms with E-state index in [4.69, 9.17) is 10.5 Å². The summed E-state index contributed by atoms with van der Waals surface area (Å²) in [5.41, 5.74) is 6.74. The smallest absolute Gasteiger partial charge is 0.167 e. The highest BCUT2D eigenvalue weighted by Gasteiger charge is 2.44. The van der Waals surface area contributed by atoms with E-state index in [0.29, 0.717) is 22.2 Å². The first-order valence-corrected chi connectivity index (χ1v) is 9.47. The molecule has 4 rings (SSSR count). The molecule has 10 heteroatoms. The van der Waals surface area contributed by atoms with Crippen LogP contribution >= 0.6 is 11.8 Å². The van der Waals surface area contributed by atoms with E-state index in [2.05, 4.69) is 20.3 Å². The highest BCUT2D eigenvalue weighted by molar-refractivity contribution is 8.00. The number of aromatic nitrogens is 4. The summed E-state index contributed by atoms with van der Waals surface area (Å²) in [5, 5.41) is 24.7. The molecule has 5 atom stereocenters. The number of piperidine rings is 1. The third-order valence-electron chi connectivity index (χ3n) is 4.75. The van der Waals surface area contributed by atoms with Gasteiger partial charge in [0.15, 0.2) is 17.7 Å². The van der Waals surface area contributed by atoms with Crippen molar-refractivity contribution in [2.75, 3.05) is 24.6 Å². The number of imidazole rings is 1.